The van der Waals surface area contributed by atoms with Gasteiger partial charge in [-0.3, -0.25) is 9.59 Å². The van der Waals surface area contributed by atoms with E-state index in [1.165, 1.54) is 0 Å². The molecule has 110 valence electrons. The highest BCUT2D eigenvalue weighted by atomic mass is 16.5. The van der Waals surface area contributed by atoms with Gasteiger partial charge in [0.25, 0.3) is 0 Å². The van der Waals surface area contributed by atoms with E-state index in [2.05, 4.69) is 13.8 Å². The summed E-state index contributed by atoms with van der Waals surface area (Å²) in [5, 5.41) is 0. The highest BCUT2D eigenvalue weighted by molar-refractivity contribution is 5.98. The number of rotatable bonds is 1. The summed E-state index contributed by atoms with van der Waals surface area (Å²) < 4.78 is 6.07. The standard InChI is InChI=1S/C16H23NO3/c1-4-17-6-5-13-11(15(17)19)7-10-12(18)8-16(2,3)9-14(10)20-13/h11,13H,4-9H2,1-3H3. The van der Waals surface area contributed by atoms with E-state index in [0.717, 1.165) is 37.3 Å². The lowest BCUT2D eigenvalue weighted by Crippen LogP contribution is -2.51. The number of nitrogens with zero attached hydrogens (tertiary/aromatic N) is 1. The number of ketones is 1. The van der Waals surface area contributed by atoms with E-state index >= 15 is 0 Å². The average molecular weight is 277 g/mol. The molecule has 1 fully saturated rings. The molecule has 0 radical (unpaired) electrons. The fraction of sp³-hybridized carbons (Fsp3) is 0.750. The smallest absolute Gasteiger partial charge is 0.229 e. The van der Waals surface area contributed by atoms with E-state index in [-0.39, 0.29) is 29.1 Å². The van der Waals surface area contributed by atoms with Crippen molar-refractivity contribution in [2.24, 2.45) is 11.3 Å². The van der Waals surface area contributed by atoms with Gasteiger partial charge in [-0.1, -0.05) is 13.8 Å². The van der Waals surface area contributed by atoms with Crippen LogP contribution in [0, 0.1) is 11.3 Å². The maximum Gasteiger partial charge on any atom is 0.229 e. The Hall–Kier alpha value is -1.32. The lowest BCUT2D eigenvalue weighted by molar-refractivity contribution is -0.147. The van der Waals surface area contributed by atoms with Crippen LogP contribution in [-0.4, -0.2) is 35.8 Å². The molecule has 0 aromatic rings. The zero-order chi connectivity index (χ0) is 14.5. The number of hydrogen-bond donors (Lipinski definition) is 0. The van der Waals surface area contributed by atoms with Crippen molar-refractivity contribution in [3.8, 4) is 0 Å². The Morgan fingerprint density at radius 1 is 1.30 bits per heavy atom. The summed E-state index contributed by atoms with van der Waals surface area (Å²) in [5.41, 5.74) is 0.772. The van der Waals surface area contributed by atoms with Gasteiger partial charge in [0.1, 0.15) is 11.9 Å². The topological polar surface area (TPSA) is 46.6 Å². The van der Waals surface area contributed by atoms with E-state index in [4.69, 9.17) is 4.74 Å². The van der Waals surface area contributed by atoms with Gasteiger partial charge >= 0.3 is 0 Å². The summed E-state index contributed by atoms with van der Waals surface area (Å²) in [6.07, 6.45) is 2.84. The van der Waals surface area contributed by atoms with Crippen LogP contribution in [0.5, 0.6) is 0 Å². The van der Waals surface area contributed by atoms with Crippen molar-refractivity contribution < 1.29 is 14.3 Å². The molecule has 0 N–H and O–H groups in total. The molecule has 0 aromatic heterocycles. The predicted molar refractivity (Wildman–Crippen MR) is 74.9 cm³/mol. The fourth-order valence-electron chi connectivity index (χ4n) is 3.71. The van der Waals surface area contributed by atoms with Gasteiger partial charge in [0, 0.05) is 37.9 Å². The van der Waals surface area contributed by atoms with Crippen molar-refractivity contribution in [1.82, 2.24) is 4.90 Å². The molecule has 4 nitrogen and oxygen atoms in total. The van der Waals surface area contributed by atoms with Crippen molar-refractivity contribution in [2.45, 2.75) is 52.6 Å². The molecule has 1 aliphatic carbocycles. The predicted octanol–water partition coefficient (Wildman–Crippen LogP) is 2.29. The number of piperidine rings is 1. The van der Waals surface area contributed by atoms with Gasteiger partial charge < -0.3 is 9.64 Å². The molecule has 2 unspecified atom stereocenters. The molecule has 1 saturated heterocycles. The minimum atomic E-state index is -0.146. The van der Waals surface area contributed by atoms with E-state index in [1.807, 2.05) is 11.8 Å². The van der Waals surface area contributed by atoms with Crippen LogP contribution in [0.1, 0.15) is 46.5 Å². The molecule has 0 saturated carbocycles. The summed E-state index contributed by atoms with van der Waals surface area (Å²) in [7, 11) is 0. The molecule has 4 heteroatoms. The number of hydrogen-bond acceptors (Lipinski definition) is 3. The molecule has 2 atom stereocenters. The Labute approximate surface area is 120 Å². The number of amides is 1. The highest BCUT2D eigenvalue weighted by Crippen LogP contribution is 2.44. The van der Waals surface area contributed by atoms with E-state index < -0.39 is 0 Å². The third-order valence-corrected chi connectivity index (χ3v) is 4.81. The number of carbonyl (C=O) groups excluding carboxylic acids is 2. The quantitative estimate of drug-likeness (QED) is 0.739. The first-order chi connectivity index (χ1) is 9.41. The normalized spacial score (nSPS) is 32.6. The van der Waals surface area contributed by atoms with Gasteiger partial charge in [0.05, 0.1) is 5.92 Å². The SMILES string of the molecule is CCN1CCC2OC3=C(CC2C1=O)C(=O)CC(C)(C)C3. The number of ether oxygens (including phenoxy) is 1. The van der Waals surface area contributed by atoms with Crippen LogP contribution in [0.4, 0.5) is 0 Å². The van der Waals surface area contributed by atoms with Crippen molar-refractivity contribution in [2.75, 3.05) is 13.1 Å². The molecule has 0 spiro atoms. The number of likely N-dealkylation sites (tertiary alicyclic amines) is 1. The van der Waals surface area contributed by atoms with Crippen molar-refractivity contribution in [3.63, 3.8) is 0 Å². The average Bonchev–Trinajstić information content (AvgIpc) is 2.36. The van der Waals surface area contributed by atoms with Crippen molar-refractivity contribution in [3.05, 3.63) is 11.3 Å². The van der Waals surface area contributed by atoms with E-state index in [1.54, 1.807) is 0 Å². The van der Waals surface area contributed by atoms with Crippen LogP contribution < -0.4 is 0 Å². The molecule has 3 rings (SSSR count). The third-order valence-electron chi connectivity index (χ3n) is 4.81. The van der Waals surface area contributed by atoms with Gasteiger partial charge in [-0.25, -0.2) is 0 Å². The molecular formula is C16H23NO3. The first-order valence-corrected chi connectivity index (χ1v) is 7.62. The molecule has 3 aliphatic rings. The second-order valence-corrected chi connectivity index (χ2v) is 7.02. The monoisotopic (exact) mass is 277 g/mol. The van der Waals surface area contributed by atoms with Crippen LogP contribution in [0.15, 0.2) is 11.3 Å². The van der Waals surface area contributed by atoms with Gasteiger partial charge in [-0.05, 0) is 18.8 Å². The van der Waals surface area contributed by atoms with Gasteiger partial charge in [-0.2, -0.15) is 0 Å². The number of allylic oxidation sites excluding steroid dienone is 2. The summed E-state index contributed by atoms with van der Waals surface area (Å²) in [5.74, 6) is 1.06. The Balaban J connectivity index is 1.88. The Bertz CT molecular complexity index is 492. The second kappa shape index (κ2) is 4.61. The first kappa shape index (κ1) is 13.7. The fourth-order valence-corrected chi connectivity index (χ4v) is 3.71. The van der Waals surface area contributed by atoms with E-state index in [0.29, 0.717) is 12.8 Å². The minimum absolute atomic E-state index is 0.0170. The second-order valence-electron chi connectivity index (χ2n) is 7.02. The molecule has 2 aliphatic heterocycles. The van der Waals surface area contributed by atoms with Crippen molar-refractivity contribution >= 4 is 11.7 Å². The van der Waals surface area contributed by atoms with Crippen LogP contribution in [0.2, 0.25) is 0 Å². The Kier molecular flexibility index (Phi) is 3.14. The zero-order valence-corrected chi connectivity index (χ0v) is 12.6. The van der Waals surface area contributed by atoms with Gasteiger partial charge in [0.2, 0.25) is 5.91 Å². The molecule has 20 heavy (non-hydrogen) atoms. The molecule has 0 aromatic carbocycles. The number of Topliss-reactive ketones (excluding diaryl/α,β-unsaturated/α-hetero) is 1. The lowest BCUT2D eigenvalue weighted by atomic mass is 9.72. The Morgan fingerprint density at radius 2 is 2.05 bits per heavy atom. The first-order valence-electron chi connectivity index (χ1n) is 7.62. The molecule has 1 amide bonds. The molecular weight excluding hydrogens is 254 g/mol. The molecule has 2 heterocycles. The summed E-state index contributed by atoms with van der Waals surface area (Å²) in [6, 6.07) is 0. The Morgan fingerprint density at radius 3 is 2.75 bits per heavy atom. The minimum Gasteiger partial charge on any atom is -0.493 e. The lowest BCUT2D eigenvalue weighted by Gasteiger charge is -2.44. The van der Waals surface area contributed by atoms with Gasteiger partial charge in [-0.15, -0.1) is 0 Å². The third kappa shape index (κ3) is 2.15. The zero-order valence-electron chi connectivity index (χ0n) is 12.6. The maximum absolute atomic E-state index is 12.4. The molecule has 0 bridgehead atoms. The van der Waals surface area contributed by atoms with Crippen molar-refractivity contribution in [1.29, 1.82) is 0 Å². The van der Waals surface area contributed by atoms with Gasteiger partial charge in [0.15, 0.2) is 5.78 Å². The highest BCUT2D eigenvalue weighted by Gasteiger charge is 2.45. The van der Waals surface area contributed by atoms with Crippen LogP contribution in [-0.2, 0) is 14.3 Å². The number of carbonyl (C=O) groups is 2. The number of fused-ring (bicyclic) bond motifs is 1. The largest absolute Gasteiger partial charge is 0.493 e. The summed E-state index contributed by atoms with van der Waals surface area (Å²) in [6.45, 7) is 7.73. The van der Waals surface area contributed by atoms with Crippen LogP contribution in [0.25, 0.3) is 0 Å². The summed E-state index contributed by atoms with van der Waals surface area (Å²) >= 11 is 0. The van der Waals surface area contributed by atoms with Crippen LogP contribution >= 0.6 is 0 Å². The van der Waals surface area contributed by atoms with Crippen LogP contribution in [0.3, 0.4) is 0 Å². The maximum atomic E-state index is 12.4. The summed E-state index contributed by atoms with van der Waals surface area (Å²) in [4.78, 5) is 26.6. The van der Waals surface area contributed by atoms with E-state index in [9.17, 15) is 9.59 Å².